The molecule has 2 aliphatic rings. The predicted octanol–water partition coefficient (Wildman–Crippen LogP) is 8.24. The van der Waals surface area contributed by atoms with Crippen LogP contribution in [0, 0.1) is 11.6 Å². The first-order chi connectivity index (χ1) is 27.3. The van der Waals surface area contributed by atoms with Gasteiger partial charge >= 0.3 is 0 Å². The second kappa shape index (κ2) is 14.4. The van der Waals surface area contributed by atoms with Crippen LogP contribution >= 0.6 is 0 Å². The topological polar surface area (TPSA) is 85.7 Å². The Morgan fingerprint density at radius 3 is 1.00 bits per heavy atom. The normalized spacial score (nSPS) is 20.5. The van der Waals surface area contributed by atoms with Crippen molar-refractivity contribution >= 4 is 12.4 Å². The molecule has 0 saturated carbocycles. The summed E-state index contributed by atoms with van der Waals surface area (Å²) in [7, 11) is 6.38. The summed E-state index contributed by atoms with van der Waals surface area (Å²) in [5, 5.41) is 7.68. The Kier molecular flexibility index (Phi) is 9.40. The second-order valence-corrected chi connectivity index (χ2v) is 13.7. The molecule has 56 heavy (non-hydrogen) atoms. The molecule has 2 unspecified atom stereocenters. The average Bonchev–Trinajstić information content (AvgIpc) is 3.88. The number of aliphatic imine (C=N–C) groups is 2. The molecular formula is C46H40F2N4O4. The third-order valence-corrected chi connectivity index (χ3v) is 10.8. The van der Waals surface area contributed by atoms with Crippen LogP contribution in [-0.2, 0) is 22.4 Å². The van der Waals surface area contributed by atoms with Crippen molar-refractivity contribution in [3.05, 3.63) is 191 Å². The van der Waals surface area contributed by atoms with Gasteiger partial charge in [-0.2, -0.15) is 0 Å². The van der Waals surface area contributed by atoms with Gasteiger partial charge in [0.1, 0.15) is 45.7 Å². The Labute approximate surface area is 324 Å². The smallest absolute Gasteiger partial charge is 0.183 e. The fourth-order valence-electron chi connectivity index (χ4n) is 8.02. The van der Waals surface area contributed by atoms with Crippen molar-refractivity contribution in [2.75, 3.05) is 28.4 Å². The van der Waals surface area contributed by atoms with Gasteiger partial charge in [0.2, 0.25) is 0 Å². The van der Waals surface area contributed by atoms with E-state index in [1.54, 1.807) is 77.3 Å². The van der Waals surface area contributed by atoms with Crippen LogP contribution in [0.2, 0.25) is 0 Å². The Bertz CT molecular complexity index is 2210. The number of nitrogens with one attached hydrogen (secondary N) is 2. The number of methoxy groups -OCH3 is 4. The van der Waals surface area contributed by atoms with Crippen LogP contribution < -0.4 is 29.6 Å². The van der Waals surface area contributed by atoms with Crippen LogP contribution in [0.25, 0.3) is 0 Å². The summed E-state index contributed by atoms with van der Waals surface area (Å²) in [6, 6.07) is 43.0. The van der Waals surface area contributed by atoms with E-state index in [0.717, 1.165) is 22.3 Å². The lowest BCUT2D eigenvalue weighted by Gasteiger charge is -2.48. The van der Waals surface area contributed by atoms with Gasteiger partial charge in [0.05, 0.1) is 28.4 Å². The van der Waals surface area contributed by atoms with Gasteiger partial charge in [0.15, 0.2) is 11.3 Å². The van der Waals surface area contributed by atoms with E-state index in [1.165, 1.54) is 12.1 Å². The van der Waals surface area contributed by atoms with Crippen LogP contribution in [0.5, 0.6) is 23.0 Å². The first-order valence-corrected chi connectivity index (χ1v) is 18.1. The van der Waals surface area contributed by atoms with Gasteiger partial charge in [-0.25, -0.2) is 8.78 Å². The van der Waals surface area contributed by atoms with Crippen molar-refractivity contribution in [1.29, 1.82) is 0 Å². The molecule has 0 amide bonds. The molecule has 0 bridgehead atoms. The highest BCUT2D eigenvalue weighted by Crippen LogP contribution is 2.55. The van der Waals surface area contributed by atoms with Crippen molar-refractivity contribution in [1.82, 2.24) is 10.6 Å². The molecule has 8 nitrogen and oxygen atoms in total. The molecule has 0 radical (unpaired) electrons. The van der Waals surface area contributed by atoms with Gasteiger partial charge in [0, 0.05) is 23.6 Å². The minimum absolute atomic E-state index is 0.129. The molecule has 8 rings (SSSR count). The molecule has 0 fully saturated rings. The summed E-state index contributed by atoms with van der Waals surface area (Å²) < 4.78 is 56.6. The van der Waals surface area contributed by atoms with Crippen molar-refractivity contribution in [2.24, 2.45) is 9.98 Å². The zero-order chi connectivity index (χ0) is 39.0. The quantitative estimate of drug-likeness (QED) is 0.139. The van der Waals surface area contributed by atoms with Gasteiger partial charge in [-0.05, 0) is 82.9 Å². The molecule has 2 heterocycles. The second-order valence-electron chi connectivity index (χ2n) is 13.7. The lowest BCUT2D eigenvalue weighted by atomic mass is 9.76. The molecule has 6 aromatic carbocycles. The molecular weight excluding hydrogens is 711 g/mol. The van der Waals surface area contributed by atoms with E-state index in [4.69, 9.17) is 28.9 Å². The average molecular weight is 751 g/mol. The highest BCUT2D eigenvalue weighted by molar-refractivity contribution is 5.85. The number of nitrogens with zero attached hydrogens (tertiary/aromatic N) is 2. The first-order valence-electron chi connectivity index (χ1n) is 18.1. The Hall–Kier alpha value is -6.36. The van der Waals surface area contributed by atoms with Crippen LogP contribution in [-0.4, -0.2) is 40.9 Å². The molecule has 10 heteroatoms. The fourth-order valence-corrected chi connectivity index (χ4v) is 8.02. The molecule has 0 aliphatic carbocycles. The third-order valence-electron chi connectivity index (χ3n) is 10.8. The highest BCUT2D eigenvalue weighted by Gasteiger charge is 2.66. The van der Waals surface area contributed by atoms with E-state index >= 15 is 8.78 Å². The summed E-state index contributed by atoms with van der Waals surface area (Å²) in [6.07, 6.45) is 3.50. The number of hydrogen-bond acceptors (Lipinski definition) is 8. The lowest BCUT2D eigenvalue weighted by molar-refractivity contribution is 0.119. The molecule has 0 spiro atoms. The van der Waals surface area contributed by atoms with Crippen LogP contribution in [0.4, 0.5) is 8.78 Å². The number of ether oxygens (including phenoxy) is 4. The minimum Gasteiger partial charge on any atom is -0.497 e. The van der Waals surface area contributed by atoms with Crippen molar-refractivity contribution < 1.29 is 27.7 Å². The largest absolute Gasteiger partial charge is 0.497 e. The summed E-state index contributed by atoms with van der Waals surface area (Å²) in [5.41, 5.74) is -3.11. The van der Waals surface area contributed by atoms with Gasteiger partial charge in [-0.3, -0.25) is 20.6 Å². The minimum atomic E-state index is -1.87. The highest BCUT2D eigenvalue weighted by atomic mass is 19.1. The first kappa shape index (κ1) is 36.6. The van der Waals surface area contributed by atoms with E-state index in [1.807, 2.05) is 97.1 Å². The lowest BCUT2D eigenvalue weighted by Crippen LogP contribution is -2.66. The van der Waals surface area contributed by atoms with E-state index in [2.05, 4.69) is 10.6 Å². The maximum Gasteiger partial charge on any atom is 0.183 e. The number of halogens is 2. The monoisotopic (exact) mass is 750 g/mol. The van der Waals surface area contributed by atoms with Gasteiger partial charge in [0.25, 0.3) is 0 Å². The molecule has 282 valence electrons. The van der Waals surface area contributed by atoms with Crippen molar-refractivity contribution in [3.8, 4) is 23.0 Å². The molecule has 0 aromatic heterocycles. The van der Waals surface area contributed by atoms with Crippen molar-refractivity contribution in [2.45, 2.75) is 22.4 Å². The van der Waals surface area contributed by atoms with E-state index in [-0.39, 0.29) is 11.1 Å². The zero-order valence-electron chi connectivity index (χ0n) is 31.3. The van der Waals surface area contributed by atoms with Gasteiger partial charge in [-0.1, -0.05) is 84.9 Å². The van der Waals surface area contributed by atoms with Gasteiger partial charge in [-0.15, -0.1) is 0 Å². The summed E-state index contributed by atoms with van der Waals surface area (Å²) in [5.74, 6) is 1.24. The third kappa shape index (κ3) is 5.72. The Balaban J connectivity index is 1.47. The standard InChI is InChI=1S/C46H40F2N4O4/c1-53-35-17-9-13-31(25-35)43(32-14-10-18-36(26-32)54-2)29-49-45(51-43,39-21-5-7-23-41(39)47)46(40-22-6-8-24-42(40)48)50-30-44(52-46,33-15-11-19-37(27-33)55-3)34-16-12-20-38(28-34)56-4/h5-30,51-52H,1-4H3. The number of hydrogen-bond donors (Lipinski definition) is 2. The Morgan fingerprint density at radius 2 is 0.714 bits per heavy atom. The van der Waals surface area contributed by atoms with Crippen LogP contribution in [0.15, 0.2) is 156 Å². The molecule has 0 saturated heterocycles. The summed E-state index contributed by atoms with van der Waals surface area (Å²) >= 11 is 0. The number of benzene rings is 6. The van der Waals surface area contributed by atoms with Crippen molar-refractivity contribution in [3.63, 3.8) is 0 Å². The SMILES string of the molecule is COc1cccc(C2(c3cccc(OC)c3)C=NC(c3ccccc3F)(C3(c4ccccc4F)N=CC(c4cccc(OC)c4)(c4cccc(OC)c4)N3)N2)c1. The van der Waals surface area contributed by atoms with Crippen LogP contribution in [0.1, 0.15) is 33.4 Å². The Morgan fingerprint density at radius 1 is 0.411 bits per heavy atom. The molecule has 6 aromatic rings. The van der Waals surface area contributed by atoms with E-state index in [0.29, 0.717) is 23.0 Å². The molecule has 2 aliphatic heterocycles. The van der Waals surface area contributed by atoms with Gasteiger partial charge < -0.3 is 18.9 Å². The van der Waals surface area contributed by atoms with Crippen LogP contribution in [0.3, 0.4) is 0 Å². The summed E-state index contributed by atoms with van der Waals surface area (Å²) in [4.78, 5) is 10.7. The maximum atomic E-state index is 16.9. The summed E-state index contributed by atoms with van der Waals surface area (Å²) in [6.45, 7) is 0. The number of rotatable bonds is 11. The van der Waals surface area contributed by atoms with E-state index in [9.17, 15) is 0 Å². The van der Waals surface area contributed by atoms with E-state index < -0.39 is 34.0 Å². The zero-order valence-corrected chi connectivity index (χ0v) is 31.3. The molecule has 2 N–H and O–H groups in total. The fraction of sp³-hybridized carbons (Fsp3) is 0.174. The molecule has 2 atom stereocenters. The maximum absolute atomic E-state index is 16.9. The predicted molar refractivity (Wildman–Crippen MR) is 213 cm³/mol.